The van der Waals surface area contributed by atoms with E-state index in [4.69, 9.17) is 4.74 Å². The summed E-state index contributed by atoms with van der Waals surface area (Å²) in [6, 6.07) is 8.16. The lowest BCUT2D eigenvalue weighted by Gasteiger charge is -2.24. The zero-order valence-electron chi connectivity index (χ0n) is 13.0. The Kier molecular flexibility index (Phi) is 3.57. The summed E-state index contributed by atoms with van der Waals surface area (Å²) in [6.07, 6.45) is 3.43. The average Bonchev–Trinajstić information content (AvgIpc) is 2.97. The molecule has 0 radical (unpaired) electrons. The predicted octanol–water partition coefficient (Wildman–Crippen LogP) is 2.45. The van der Waals surface area contributed by atoms with E-state index in [2.05, 4.69) is 25.6 Å². The minimum absolute atomic E-state index is 0.333. The number of nitrogens with zero attached hydrogens (tertiary/aromatic N) is 5. The van der Waals surface area contributed by atoms with Crippen molar-refractivity contribution in [2.45, 2.75) is 16.7 Å². The Hall–Kier alpha value is -2.28. The van der Waals surface area contributed by atoms with Crippen LogP contribution in [-0.4, -0.2) is 45.5 Å². The number of rotatable bonds is 3. The Morgan fingerprint density at radius 1 is 1.26 bits per heavy atom. The second kappa shape index (κ2) is 5.73. The van der Waals surface area contributed by atoms with E-state index in [-0.39, 0.29) is 0 Å². The van der Waals surface area contributed by atoms with E-state index >= 15 is 0 Å². The molecule has 1 aromatic carbocycles. The maximum Gasteiger partial charge on any atom is 0.165 e. The van der Waals surface area contributed by atoms with Crippen molar-refractivity contribution in [2.75, 3.05) is 25.6 Å². The molecule has 7 heteroatoms. The number of ether oxygens (including phenoxy) is 1. The molecule has 3 heterocycles. The first-order chi connectivity index (χ1) is 11.2. The fraction of sp³-hybridized carbons (Fsp3) is 0.312. The molecule has 0 saturated heterocycles. The minimum Gasteiger partial charge on any atom is -0.491 e. The molecule has 0 bridgehead atoms. The van der Waals surface area contributed by atoms with Crippen molar-refractivity contribution in [3.8, 4) is 5.75 Å². The van der Waals surface area contributed by atoms with E-state index in [1.807, 2.05) is 55.3 Å². The predicted molar refractivity (Wildman–Crippen MR) is 91.2 cm³/mol. The van der Waals surface area contributed by atoms with Crippen molar-refractivity contribution in [1.29, 1.82) is 0 Å². The van der Waals surface area contributed by atoms with E-state index in [0.29, 0.717) is 11.9 Å². The number of hydrogen-bond acceptors (Lipinski definition) is 6. The zero-order chi connectivity index (χ0) is 15.8. The Labute approximate surface area is 138 Å². The minimum atomic E-state index is 0.333. The van der Waals surface area contributed by atoms with Gasteiger partial charge in [0.15, 0.2) is 17.0 Å². The van der Waals surface area contributed by atoms with Gasteiger partial charge in [0.05, 0.1) is 11.6 Å². The molecule has 0 saturated carbocycles. The normalized spacial score (nSPS) is 16.9. The van der Waals surface area contributed by atoms with Gasteiger partial charge in [-0.2, -0.15) is 0 Å². The third kappa shape index (κ3) is 2.61. The molecule has 118 valence electrons. The molecule has 4 rings (SSSR count). The van der Waals surface area contributed by atoms with Crippen LogP contribution in [0.4, 0.5) is 5.82 Å². The number of thioether (sulfide) groups is 1. The standard InChI is InChI=1S/C16H17N5OS/c1-20(2)15-14-16(18-9-17-15)21(10-19-14)7-11-8-22-12-5-3-4-6-13(12)23-11/h3-6,9-11H,7-8H2,1-2H3/t11-/m1/s1. The summed E-state index contributed by atoms with van der Waals surface area (Å²) in [4.78, 5) is 16.4. The van der Waals surface area contributed by atoms with Gasteiger partial charge in [0.1, 0.15) is 18.7 Å². The van der Waals surface area contributed by atoms with Crippen LogP contribution in [0.2, 0.25) is 0 Å². The third-order valence-electron chi connectivity index (χ3n) is 3.77. The van der Waals surface area contributed by atoms with Crippen molar-refractivity contribution in [1.82, 2.24) is 19.5 Å². The SMILES string of the molecule is CN(C)c1ncnc2c1ncn2C[C@@H]1COc2ccccc2S1. The largest absolute Gasteiger partial charge is 0.491 e. The maximum absolute atomic E-state index is 5.86. The second-order valence-corrected chi connectivity index (χ2v) is 7.00. The second-order valence-electron chi connectivity index (χ2n) is 5.66. The van der Waals surface area contributed by atoms with Gasteiger partial charge in [-0.05, 0) is 12.1 Å². The number of imidazole rings is 1. The van der Waals surface area contributed by atoms with E-state index in [9.17, 15) is 0 Å². The van der Waals surface area contributed by atoms with Gasteiger partial charge in [-0.3, -0.25) is 0 Å². The highest BCUT2D eigenvalue weighted by atomic mass is 32.2. The molecule has 23 heavy (non-hydrogen) atoms. The molecule has 3 aromatic rings. The van der Waals surface area contributed by atoms with E-state index in [0.717, 1.165) is 29.3 Å². The fourth-order valence-corrected chi connectivity index (χ4v) is 3.83. The number of para-hydroxylation sites is 1. The van der Waals surface area contributed by atoms with Crippen LogP contribution in [0.5, 0.6) is 5.75 Å². The lowest BCUT2D eigenvalue weighted by Crippen LogP contribution is -2.24. The topological polar surface area (TPSA) is 56.1 Å². The average molecular weight is 327 g/mol. The summed E-state index contributed by atoms with van der Waals surface area (Å²) in [5, 5.41) is 0.333. The van der Waals surface area contributed by atoms with Gasteiger partial charge in [0, 0.05) is 25.5 Å². The van der Waals surface area contributed by atoms with E-state index < -0.39 is 0 Å². The number of benzene rings is 1. The molecule has 6 nitrogen and oxygen atoms in total. The summed E-state index contributed by atoms with van der Waals surface area (Å²) in [6.45, 7) is 1.49. The molecule has 2 aromatic heterocycles. The van der Waals surface area contributed by atoms with Crippen LogP contribution in [-0.2, 0) is 6.54 Å². The summed E-state index contributed by atoms with van der Waals surface area (Å²) in [5.41, 5.74) is 1.70. The van der Waals surface area contributed by atoms with Gasteiger partial charge in [-0.15, -0.1) is 11.8 Å². The Balaban J connectivity index is 1.61. The number of anilines is 1. The Bertz CT molecular complexity index is 847. The molecule has 0 aliphatic carbocycles. The van der Waals surface area contributed by atoms with Gasteiger partial charge in [-0.1, -0.05) is 12.1 Å². The van der Waals surface area contributed by atoms with Crippen molar-refractivity contribution >= 4 is 28.7 Å². The van der Waals surface area contributed by atoms with Crippen LogP contribution in [0.25, 0.3) is 11.2 Å². The lowest BCUT2D eigenvalue weighted by molar-refractivity contribution is 0.294. The molecule has 1 atom stereocenters. The van der Waals surface area contributed by atoms with Gasteiger partial charge < -0.3 is 14.2 Å². The molecular weight excluding hydrogens is 310 g/mol. The van der Waals surface area contributed by atoms with Crippen molar-refractivity contribution in [2.24, 2.45) is 0 Å². The molecule has 0 unspecified atom stereocenters. The lowest BCUT2D eigenvalue weighted by atomic mass is 10.3. The van der Waals surface area contributed by atoms with Crippen molar-refractivity contribution in [3.05, 3.63) is 36.9 Å². The van der Waals surface area contributed by atoms with E-state index in [1.54, 1.807) is 6.33 Å². The first kappa shape index (κ1) is 14.3. The molecule has 1 aliphatic rings. The maximum atomic E-state index is 5.86. The van der Waals surface area contributed by atoms with Gasteiger partial charge in [0.2, 0.25) is 0 Å². The Morgan fingerprint density at radius 2 is 2.13 bits per heavy atom. The number of aromatic nitrogens is 4. The Morgan fingerprint density at radius 3 is 3.00 bits per heavy atom. The van der Waals surface area contributed by atoms with Crippen LogP contribution in [0.15, 0.2) is 41.8 Å². The van der Waals surface area contributed by atoms with Crippen LogP contribution >= 0.6 is 11.8 Å². The highest BCUT2D eigenvalue weighted by molar-refractivity contribution is 8.00. The fourth-order valence-electron chi connectivity index (χ4n) is 2.70. The molecular formula is C16H17N5OS. The molecule has 1 aliphatic heterocycles. The van der Waals surface area contributed by atoms with Crippen molar-refractivity contribution < 1.29 is 4.74 Å². The van der Waals surface area contributed by atoms with Gasteiger partial charge in [0.25, 0.3) is 0 Å². The molecule has 0 amide bonds. The van der Waals surface area contributed by atoms with Crippen LogP contribution < -0.4 is 9.64 Å². The highest BCUT2D eigenvalue weighted by Gasteiger charge is 2.22. The van der Waals surface area contributed by atoms with Crippen LogP contribution in [0, 0.1) is 0 Å². The first-order valence-corrected chi connectivity index (χ1v) is 8.32. The van der Waals surface area contributed by atoms with Crippen molar-refractivity contribution in [3.63, 3.8) is 0 Å². The summed E-state index contributed by atoms with van der Waals surface area (Å²) in [5.74, 6) is 1.81. The van der Waals surface area contributed by atoms with Crippen LogP contribution in [0.1, 0.15) is 0 Å². The summed E-state index contributed by atoms with van der Waals surface area (Å²) >= 11 is 1.85. The van der Waals surface area contributed by atoms with E-state index in [1.165, 1.54) is 4.90 Å². The molecule has 0 fully saturated rings. The molecule has 0 N–H and O–H groups in total. The summed E-state index contributed by atoms with van der Waals surface area (Å²) in [7, 11) is 3.92. The molecule has 0 spiro atoms. The van der Waals surface area contributed by atoms with Gasteiger partial charge in [-0.25, -0.2) is 15.0 Å². The number of fused-ring (bicyclic) bond motifs is 2. The number of hydrogen-bond donors (Lipinski definition) is 0. The smallest absolute Gasteiger partial charge is 0.165 e. The van der Waals surface area contributed by atoms with Gasteiger partial charge >= 0.3 is 0 Å². The third-order valence-corrected chi connectivity index (χ3v) is 4.98. The van der Waals surface area contributed by atoms with Crippen LogP contribution in [0.3, 0.4) is 0 Å². The first-order valence-electron chi connectivity index (χ1n) is 7.44. The monoisotopic (exact) mass is 327 g/mol. The quantitative estimate of drug-likeness (QED) is 0.736. The summed E-state index contributed by atoms with van der Waals surface area (Å²) < 4.78 is 7.95. The zero-order valence-corrected chi connectivity index (χ0v) is 13.8. The highest BCUT2D eigenvalue weighted by Crippen LogP contribution is 2.37.